The maximum Gasteiger partial charge on any atom is 0.0462 e. The van der Waals surface area contributed by atoms with Crippen LogP contribution in [0.1, 0.15) is 12.8 Å². The number of nitrogens with two attached hydrogens (primary N) is 1. The van der Waals surface area contributed by atoms with Gasteiger partial charge in [0.15, 0.2) is 0 Å². The second kappa shape index (κ2) is 8.12. The average molecular weight is 304 g/mol. The molecule has 1 unspecified atom stereocenters. The molecule has 0 spiro atoms. The summed E-state index contributed by atoms with van der Waals surface area (Å²) in [7, 11) is 1.72. The maximum atomic E-state index is 6.01. The molecule has 4 heteroatoms. The van der Waals surface area contributed by atoms with Crippen LogP contribution in [0, 0.1) is 0 Å². The van der Waals surface area contributed by atoms with E-state index in [1.165, 1.54) is 4.90 Å². The first-order chi connectivity index (χ1) is 7.72. The van der Waals surface area contributed by atoms with Gasteiger partial charge in [-0.05, 0) is 37.1 Å². The Bertz CT molecular complexity index is 292. The Morgan fingerprint density at radius 3 is 2.69 bits per heavy atom. The number of benzene rings is 1. The molecule has 1 rings (SSSR count). The third-order valence-electron chi connectivity index (χ3n) is 2.20. The highest BCUT2D eigenvalue weighted by molar-refractivity contribution is 9.10. The number of methoxy groups -OCH3 is 1. The van der Waals surface area contributed by atoms with E-state index in [1.807, 2.05) is 11.8 Å². The van der Waals surface area contributed by atoms with E-state index in [1.54, 1.807) is 7.11 Å². The summed E-state index contributed by atoms with van der Waals surface area (Å²) in [6.45, 7) is 0.802. The highest BCUT2D eigenvalue weighted by Gasteiger charge is 2.03. The minimum atomic E-state index is 0.254. The smallest absolute Gasteiger partial charge is 0.0462 e. The Hall–Kier alpha value is -0.0300. The molecular formula is C12H18BrNOS. The molecule has 1 aromatic carbocycles. The van der Waals surface area contributed by atoms with Crippen LogP contribution in [-0.2, 0) is 4.74 Å². The lowest BCUT2D eigenvalue weighted by molar-refractivity contribution is 0.191. The van der Waals surface area contributed by atoms with Crippen molar-refractivity contribution in [3.63, 3.8) is 0 Å². The average Bonchev–Trinajstić information content (AvgIpc) is 2.29. The van der Waals surface area contributed by atoms with E-state index in [4.69, 9.17) is 10.5 Å². The molecule has 90 valence electrons. The van der Waals surface area contributed by atoms with Gasteiger partial charge >= 0.3 is 0 Å². The third-order valence-corrected chi connectivity index (χ3v) is 3.93. The number of halogens is 1. The second-order valence-corrected chi connectivity index (χ2v) is 5.67. The highest BCUT2D eigenvalue weighted by Crippen LogP contribution is 2.21. The molecule has 16 heavy (non-hydrogen) atoms. The molecule has 2 nitrogen and oxygen atoms in total. The fourth-order valence-corrected chi connectivity index (χ4v) is 2.47. The molecule has 0 aliphatic carbocycles. The maximum absolute atomic E-state index is 6.01. The Labute approximate surface area is 110 Å². The Kier molecular flexibility index (Phi) is 7.12. The molecule has 0 saturated carbocycles. The molecule has 0 aromatic heterocycles. The van der Waals surface area contributed by atoms with E-state index >= 15 is 0 Å². The summed E-state index contributed by atoms with van der Waals surface area (Å²) in [6.07, 6.45) is 2.07. The lowest BCUT2D eigenvalue weighted by Gasteiger charge is -2.10. The Morgan fingerprint density at radius 1 is 1.38 bits per heavy atom. The molecule has 0 amide bonds. The molecule has 0 fully saturated rings. The van der Waals surface area contributed by atoms with Gasteiger partial charge in [-0.3, -0.25) is 0 Å². The van der Waals surface area contributed by atoms with Crippen LogP contribution in [0.25, 0.3) is 0 Å². The van der Waals surface area contributed by atoms with Gasteiger partial charge < -0.3 is 10.5 Å². The van der Waals surface area contributed by atoms with E-state index in [2.05, 4.69) is 40.2 Å². The lowest BCUT2D eigenvalue weighted by atomic mass is 10.2. The van der Waals surface area contributed by atoms with E-state index in [-0.39, 0.29) is 6.04 Å². The van der Waals surface area contributed by atoms with Crippen molar-refractivity contribution in [1.29, 1.82) is 0 Å². The summed E-state index contributed by atoms with van der Waals surface area (Å²) in [4.78, 5) is 1.27. The Morgan fingerprint density at radius 2 is 2.06 bits per heavy atom. The van der Waals surface area contributed by atoms with Gasteiger partial charge in [0.1, 0.15) is 0 Å². The first-order valence-corrected chi connectivity index (χ1v) is 7.13. The van der Waals surface area contributed by atoms with Crippen molar-refractivity contribution in [1.82, 2.24) is 0 Å². The minimum Gasteiger partial charge on any atom is -0.385 e. The number of hydrogen-bond donors (Lipinski definition) is 1. The van der Waals surface area contributed by atoms with E-state index in [9.17, 15) is 0 Å². The van der Waals surface area contributed by atoms with Crippen LogP contribution in [0.5, 0.6) is 0 Å². The van der Waals surface area contributed by atoms with Gasteiger partial charge in [0.2, 0.25) is 0 Å². The summed E-state index contributed by atoms with van der Waals surface area (Å²) in [5, 5.41) is 0. The molecule has 1 aromatic rings. The molecule has 0 bridgehead atoms. The predicted molar refractivity (Wildman–Crippen MR) is 74.0 cm³/mol. The predicted octanol–water partition coefficient (Wildman–Crippen LogP) is 3.30. The molecule has 1 atom stereocenters. The van der Waals surface area contributed by atoms with Crippen molar-refractivity contribution >= 4 is 27.7 Å². The summed E-state index contributed by atoms with van der Waals surface area (Å²) in [6, 6.07) is 8.58. The van der Waals surface area contributed by atoms with Crippen LogP contribution >= 0.6 is 27.7 Å². The van der Waals surface area contributed by atoms with E-state index in [0.29, 0.717) is 0 Å². The quantitative estimate of drug-likeness (QED) is 0.620. The van der Waals surface area contributed by atoms with Crippen molar-refractivity contribution in [2.75, 3.05) is 19.5 Å². The van der Waals surface area contributed by atoms with Crippen molar-refractivity contribution in [2.45, 2.75) is 23.8 Å². The molecule has 0 radical (unpaired) electrons. The summed E-state index contributed by atoms with van der Waals surface area (Å²) in [5.41, 5.74) is 6.01. The zero-order valence-corrected chi connectivity index (χ0v) is 11.9. The van der Waals surface area contributed by atoms with Crippen LogP contribution in [-0.4, -0.2) is 25.5 Å². The first-order valence-electron chi connectivity index (χ1n) is 5.35. The van der Waals surface area contributed by atoms with Crippen molar-refractivity contribution in [3.8, 4) is 0 Å². The highest BCUT2D eigenvalue weighted by atomic mass is 79.9. The zero-order chi connectivity index (χ0) is 11.8. The molecule has 0 aliphatic heterocycles. The zero-order valence-electron chi connectivity index (χ0n) is 9.49. The van der Waals surface area contributed by atoms with Crippen LogP contribution in [0.2, 0.25) is 0 Å². The topological polar surface area (TPSA) is 35.2 Å². The second-order valence-electron chi connectivity index (χ2n) is 3.66. The van der Waals surface area contributed by atoms with Gasteiger partial charge in [-0.15, -0.1) is 11.8 Å². The monoisotopic (exact) mass is 303 g/mol. The van der Waals surface area contributed by atoms with Gasteiger partial charge in [-0.25, -0.2) is 0 Å². The molecule has 0 saturated heterocycles. The van der Waals surface area contributed by atoms with Crippen molar-refractivity contribution < 1.29 is 4.74 Å². The standard InChI is InChI=1S/C12H18BrNOS/c1-15-8-2-3-11(14)9-16-12-6-4-10(13)5-7-12/h4-7,11H,2-3,8-9,14H2,1H3. The van der Waals surface area contributed by atoms with Crippen molar-refractivity contribution in [2.24, 2.45) is 5.73 Å². The normalized spacial score (nSPS) is 12.7. The van der Waals surface area contributed by atoms with Crippen LogP contribution in [0.15, 0.2) is 33.6 Å². The van der Waals surface area contributed by atoms with Gasteiger partial charge in [0.05, 0.1) is 0 Å². The largest absolute Gasteiger partial charge is 0.385 e. The molecule has 0 heterocycles. The summed E-state index contributed by atoms with van der Waals surface area (Å²) in [5.74, 6) is 0.964. The minimum absolute atomic E-state index is 0.254. The van der Waals surface area contributed by atoms with Crippen LogP contribution in [0.4, 0.5) is 0 Å². The molecule has 2 N–H and O–H groups in total. The number of thioether (sulfide) groups is 1. The fourth-order valence-electron chi connectivity index (χ4n) is 1.31. The molecular weight excluding hydrogens is 286 g/mol. The Balaban J connectivity index is 2.20. The van der Waals surface area contributed by atoms with Crippen LogP contribution in [0.3, 0.4) is 0 Å². The first kappa shape index (κ1) is 14.0. The lowest BCUT2D eigenvalue weighted by Crippen LogP contribution is -2.23. The fraction of sp³-hybridized carbons (Fsp3) is 0.500. The summed E-state index contributed by atoms with van der Waals surface area (Å²) < 4.78 is 6.11. The molecule has 0 aliphatic rings. The van der Waals surface area contributed by atoms with Crippen LogP contribution < -0.4 is 5.73 Å². The summed E-state index contributed by atoms with van der Waals surface area (Å²) >= 11 is 5.23. The van der Waals surface area contributed by atoms with Gasteiger partial charge in [-0.2, -0.15) is 0 Å². The van der Waals surface area contributed by atoms with Gasteiger partial charge in [-0.1, -0.05) is 15.9 Å². The van der Waals surface area contributed by atoms with E-state index in [0.717, 1.165) is 29.7 Å². The van der Waals surface area contributed by atoms with E-state index < -0.39 is 0 Å². The van der Waals surface area contributed by atoms with Gasteiger partial charge in [0.25, 0.3) is 0 Å². The number of rotatable bonds is 7. The SMILES string of the molecule is COCCCC(N)CSc1ccc(Br)cc1. The third kappa shape index (κ3) is 5.89. The van der Waals surface area contributed by atoms with Crippen molar-refractivity contribution in [3.05, 3.63) is 28.7 Å². The number of ether oxygens (including phenoxy) is 1. The van der Waals surface area contributed by atoms with Gasteiger partial charge in [0, 0.05) is 34.9 Å². The number of hydrogen-bond acceptors (Lipinski definition) is 3.